The van der Waals surface area contributed by atoms with Crippen molar-refractivity contribution in [2.75, 3.05) is 26.3 Å². The SMILES string of the molecule is CC(C)CCOCCNCC(C)C#N. The van der Waals surface area contributed by atoms with Crippen LogP contribution in [0.25, 0.3) is 0 Å². The summed E-state index contributed by atoms with van der Waals surface area (Å²) in [6.07, 6.45) is 1.12. The van der Waals surface area contributed by atoms with Gasteiger partial charge in [-0.25, -0.2) is 0 Å². The van der Waals surface area contributed by atoms with Crippen molar-refractivity contribution in [1.29, 1.82) is 5.26 Å². The van der Waals surface area contributed by atoms with Crippen LogP contribution in [-0.4, -0.2) is 26.3 Å². The van der Waals surface area contributed by atoms with Crippen LogP contribution in [0.4, 0.5) is 0 Å². The first kappa shape index (κ1) is 13.4. The fourth-order valence-corrected chi connectivity index (χ4v) is 0.930. The second-order valence-electron chi connectivity index (χ2n) is 4.03. The molecule has 0 aliphatic heterocycles. The van der Waals surface area contributed by atoms with Gasteiger partial charge in [0.2, 0.25) is 0 Å². The summed E-state index contributed by atoms with van der Waals surface area (Å²) in [7, 11) is 0. The van der Waals surface area contributed by atoms with E-state index >= 15 is 0 Å². The maximum absolute atomic E-state index is 8.52. The third-order valence-electron chi connectivity index (χ3n) is 1.93. The predicted octanol–water partition coefficient (Wildman–Crippen LogP) is 1.80. The number of hydrogen-bond donors (Lipinski definition) is 1. The van der Waals surface area contributed by atoms with E-state index in [2.05, 4.69) is 25.2 Å². The third kappa shape index (κ3) is 9.50. The van der Waals surface area contributed by atoms with Gasteiger partial charge in [-0.2, -0.15) is 5.26 Å². The van der Waals surface area contributed by atoms with E-state index in [0.717, 1.165) is 32.7 Å². The Hall–Kier alpha value is -0.590. The Morgan fingerprint density at radius 2 is 2.00 bits per heavy atom. The smallest absolute Gasteiger partial charge is 0.0666 e. The Morgan fingerprint density at radius 1 is 1.29 bits per heavy atom. The third-order valence-corrected chi connectivity index (χ3v) is 1.93. The highest BCUT2D eigenvalue weighted by atomic mass is 16.5. The Labute approximate surface area is 87.4 Å². The minimum atomic E-state index is 0.0886. The van der Waals surface area contributed by atoms with E-state index in [0.29, 0.717) is 5.92 Å². The van der Waals surface area contributed by atoms with Crippen LogP contribution in [0.5, 0.6) is 0 Å². The van der Waals surface area contributed by atoms with E-state index in [4.69, 9.17) is 10.00 Å². The lowest BCUT2D eigenvalue weighted by Gasteiger charge is -2.08. The number of hydrogen-bond acceptors (Lipinski definition) is 3. The molecule has 82 valence electrons. The van der Waals surface area contributed by atoms with E-state index in [1.807, 2.05) is 6.92 Å². The molecule has 0 amide bonds. The van der Waals surface area contributed by atoms with Gasteiger partial charge in [0, 0.05) is 19.7 Å². The molecular weight excluding hydrogens is 176 g/mol. The zero-order chi connectivity index (χ0) is 10.8. The minimum absolute atomic E-state index is 0.0886. The fraction of sp³-hybridized carbons (Fsp3) is 0.909. The predicted molar refractivity (Wildman–Crippen MR) is 57.9 cm³/mol. The van der Waals surface area contributed by atoms with Gasteiger partial charge in [0.15, 0.2) is 0 Å². The van der Waals surface area contributed by atoms with Crippen molar-refractivity contribution in [3.63, 3.8) is 0 Å². The molecule has 0 heterocycles. The molecule has 0 aliphatic rings. The van der Waals surface area contributed by atoms with Gasteiger partial charge in [0.05, 0.1) is 18.6 Å². The van der Waals surface area contributed by atoms with Crippen molar-refractivity contribution in [3.8, 4) is 6.07 Å². The van der Waals surface area contributed by atoms with Crippen LogP contribution < -0.4 is 5.32 Å². The minimum Gasteiger partial charge on any atom is -0.380 e. The normalized spacial score (nSPS) is 12.8. The summed E-state index contributed by atoms with van der Waals surface area (Å²) in [6.45, 7) is 9.46. The molecule has 0 aliphatic carbocycles. The molecule has 0 saturated carbocycles. The average Bonchev–Trinajstić information content (AvgIpc) is 2.15. The molecule has 3 heteroatoms. The molecule has 1 N–H and O–H groups in total. The van der Waals surface area contributed by atoms with E-state index < -0.39 is 0 Å². The van der Waals surface area contributed by atoms with Crippen molar-refractivity contribution >= 4 is 0 Å². The highest BCUT2D eigenvalue weighted by Gasteiger charge is 1.97. The summed E-state index contributed by atoms with van der Waals surface area (Å²) >= 11 is 0. The van der Waals surface area contributed by atoms with Gasteiger partial charge in [-0.1, -0.05) is 13.8 Å². The summed E-state index contributed by atoms with van der Waals surface area (Å²) in [4.78, 5) is 0. The summed E-state index contributed by atoms with van der Waals surface area (Å²) < 4.78 is 5.41. The Kier molecular flexibility index (Phi) is 8.61. The van der Waals surface area contributed by atoms with Crippen molar-refractivity contribution < 1.29 is 4.74 Å². The van der Waals surface area contributed by atoms with Crippen molar-refractivity contribution in [2.45, 2.75) is 27.2 Å². The zero-order valence-electron chi connectivity index (χ0n) is 9.55. The van der Waals surface area contributed by atoms with Crippen LogP contribution in [0.3, 0.4) is 0 Å². The topological polar surface area (TPSA) is 45.0 Å². The molecule has 0 saturated heterocycles. The lowest BCUT2D eigenvalue weighted by atomic mass is 10.1. The monoisotopic (exact) mass is 198 g/mol. The van der Waals surface area contributed by atoms with Crippen LogP contribution in [-0.2, 0) is 4.74 Å². The standard InChI is InChI=1S/C11H22N2O/c1-10(2)4-6-14-7-5-13-9-11(3)8-12/h10-11,13H,4-7,9H2,1-3H3. The van der Waals surface area contributed by atoms with Crippen molar-refractivity contribution in [3.05, 3.63) is 0 Å². The highest BCUT2D eigenvalue weighted by Crippen LogP contribution is 1.98. The average molecular weight is 198 g/mol. The molecule has 3 nitrogen and oxygen atoms in total. The molecule has 1 atom stereocenters. The first-order valence-corrected chi connectivity index (χ1v) is 5.35. The van der Waals surface area contributed by atoms with E-state index in [1.54, 1.807) is 0 Å². The molecule has 0 aromatic carbocycles. The molecule has 0 rings (SSSR count). The van der Waals surface area contributed by atoms with Crippen LogP contribution >= 0.6 is 0 Å². The summed E-state index contributed by atoms with van der Waals surface area (Å²) in [5.74, 6) is 0.798. The molecule has 0 spiro atoms. The van der Waals surface area contributed by atoms with Gasteiger partial charge >= 0.3 is 0 Å². The van der Waals surface area contributed by atoms with Crippen molar-refractivity contribution in [1.82, 2.24) is 5.32 Å². The van der Waals surface area contributed by atoms with Gasteiger partial charge in [0.1, 0.15) is 0 Å². The number of rotatable bonds is 8. The van der Waals surface area contributed by atoms with Gasteiger partial charge in [-0.3, -0.25) is 0 Å². The van der Waals surface area contributed by atoms with Crippen LogP contribution in [0.2, 0.25) is 0 Å². The molecule has 14 heavy (non-hydrogen) atoms. The van der Waals surface area contributed by atoms with E-state index in [-0.39, 0.29) is 5.92 Å². The van der Waals surface area contributed by atoms with E-state index in [9.17, 15) is 0 Å². The number of ether oxygens (including phenoxy) is 1. The maximum atomic E-state index is 8.52. The van der Waals surface area contributed by atoms with Crippen LogP contribution in [0, 0.1) is 23.2 Å². The van der Waals surface area contributed by atoms with Gasteiger partial charge in [-0.05, 0) is 19.3 Å². The first-order valence-electron chi connectivity index (χ1n) is 5.35. The molecule has 0 radical (unpaired) electrons. The van der Waals surface area contributed by atoms with E-state index in [1.165, 1.54) is 0 Å². The van der Waals surface area contributed by atoms with Gasteiger partial charge in [-0.15, -0.1) is 0 Å². The molecule has 1 unspecified atom stereocenters. The molecule has 0 fully saturated rings. The van der Waals surface area contributed by atoms with Crippen LogP contribution in [0.15, 0.2) is 0 Å². The lowest BCUT2D eigenvalue weighted by molar-refractivity contribution is 0.125. The Balaban J connectivity index is 3.04. The lowest BCUT2D eigenvalue weighted by Crippen LogP contribution is -2.24. The van der Waals surface area contributed by atoms with Gasteiger partial charge < -0.3 is 10.1 Å². The van der Waals surface area contributed by atoms with Crippen molar-refractivity contribution in [2.24, 2.45) is 11.8 Å². The maximum Gasteiger partial charge on any atom is 0.0666 e. The molecular formula is C11H22N2O. The highest BCUT2D eigenvalue weighted by molar-refractivity contribution is 4.79. The second kappa shape index (κ2) is 8.98. The zero-order valence-corrected chi connectivity index (χ0v) is 9.55. The summed E-state index contributed by atoms with van der Waals surface area (Å²) in [5.41, 5.74) is 0. The number of nitrogens with one attached hydrogen (secondary N) is 1. The number of nitrogens with zero attached hydrogens (tertiary/aromatic N) is 1. The quantitative estimate of drug-likeness (QED) is 0.605. The largest absolute Gasteiger partial charge is 0.380 e. The number of nitriles is 1. The molecule has 0 bridgehead atoms. The fourth-order valence-electron chi connectivity index (χ4n) is 0.930. The first-order chi connectivity index (χ1) is 6.66. The summed E-state index contributed by atoms with van der Waals surface area (Å²) in [5, 5.41) is 11.7. The Bertz CT molecular complexity index is 163. The van der Waals surface area contributed by atoms with Gasteiger partial charge in [0.25, 0.3) is 0 Å². The van der Waals surface area contributed by atoms with Crippen LogP contribution in [0.1, 0.15) is 27.2 Å². The second-order valence-corrected chi connectivity index (χ2v) is 4.03. The molecule has 0 aromatic heterocycles. The Morgan fingerprint density at radius 3 is 2.57 bits per heavy atom. The summed E-state index contributed by atoms with van der Waals surface area (Å²) in [6, 6.07) is 2.18. The molecule has 0 aromatic rings.